The minimum atomic E-state index is -1.10. The quantitative estimate of drug-likeness (QED) is 0.858. The van der Waals surface area contributed by atoms with Crippen LogP contribution in [-0.4, -0.2) is 26.8 Å². The standard InChI is InChI=1S/C16H19N3O3/c1-3-13(12-7-5-4-6-8-12)18-15(20)11(2)19-14(16(21)22)9-10-17-19/h4-11,13H,3H2,1-2H3,(H,18,20)(H,21,22). The lowest BCUT2D eigenvalue weighted by molar-refractivity contribution is -0.125. The number of nitrogens with zero attached hydrogens (tertiary/aromatic N) is 2. The predicted molar refractivity (Wildman–Crippen MR) is 81.5 cm³/mol. The first-order chi connectivity index (χ1) is 10.5. The lowest BCUT2D eigenvalue weighted by atomic mass is 10.0. The normalized spacial score (nSPS) is 13.4. The molecule has 6 heteroatoms. The van der Waals surface area contributed by atoms with Gasteiger partial charge in [0.2, 0.25) is 5.91 Å². The van der Waals surface area contributed by atoms with Crippen molar-refractivity contribution >= 4 is 11.9 Å². The van der Waals surface area contributed by atoms with Gasteiger partial charge < -0.3 is 10.4 Å². The molecule has 2 atom stereocenters. The summed E-state index contributed by atoms with van der Waals surface area (Å²) in [4.78, 5) is 23.5. The van der Waals surface area contributed by atoms with Gasteiger partial charge in [-0.15, -0.1) is 0 Å². The van der Waals surface area contributed by atoms with Crippen LogP contribution in [0.5, 0.6) is 0 Å². The summed E-state index contributed by atoms with van der Waals surface area (Å²) in [6.07, 6.45) is 2.12. The van der Waals surface area contributed by atoms with Gasteiger partial charge in [0.1, 0.15) is 11.7 Å². The molecular formula is C16H19N3O3. The minimum absolute atomic E-state index is 0.00425. The van der Waals surface area contributed by atoms with Gasteiger partial charge in [-0.25, -0.2) is 9.48 Å². The van der Waals surface area contributed by atoms with E-state index in [-0.39, 0.29) is 17.6 Å². The second kappa shape index (κ2) is 6.89. The Balaban J connectivity index is 2.14. The molecule has 2 unspecified atom stereocenters. The summed E-state index contributed by atoms with van der Waals surface area (Å²) in [5.41, 5.74) is 1.01. The summed E-state index contributed by atoms with van der Waals surface area (Å²) in [5.74, 6) is -1.37. The molecule has 0 saturated heterocycles. The average Bonchev–Trinajstić information content (AvgIpc) is 3.02. The largest absolute Gasteiger partial charge is 0.477 e. The van der Waals surface area contributed by atoms with Crippen LogP contribution < -0.4 is 5.32 Å². The third-order valence-corrected chi connectivity index (χ3v) is 3.56. The van der Waals surface area contributed by atoms with Crippen molar-refractivity contribution in [3.63, 3.8) is 0 Å². The molecule has 0 saturated carbocycles. The van der Waals surface area contributed by atoms with Crippen LogP contribution in [0, 0.1) is 0 Å². The van der Waals surface area contributed by atoms with E-state index in [2.05, 4.69) is 10.4 Å². The number of aromatic nitrogens is 2. The highest BCUT2D eigenvalue weighted by atomic mass is 16.4. The van der Waals surface area contributed by atoms with E-state index in [1.165, 1.54) is 16.9 Å². The molecule has 2 N–H and O–H groups in total. The summed E-state index contributed by atoms with van der Waals surface area (Å²) in [5, 5.41) is 16.0. The van der Waals surface area contributed by atoms with E-state index in [4.69, 9.17) is 5.11 Å². The fourth-order valence-corrected chi connectivity index (χ4v) is 2.30. The zero-order valence-corrected chi connectivity index (χ0v) is 12.6. The van der Waals surface area contributed by atoms with Crippen LogP contribution in [0.1, 0.15) is 48.4 Å². The van der Waals surface area contributed by atoms with Crippen LogP contribution in [0.2, 0.25) is 0 Å². The molecular weight excluding hydrogens is 282 g/mol. The number of carbonyl (C=O) groups is 2. The Kier molecular flexibility index (Phi) is 4.93. The van der Waals surface area contributed by atoms with Crippen molar-refractivity contribution in [1.82, 2.24) is 15.1 Å². The first kappa shape index (κ1) is 15.8. The highest BCUT2D eigenvalue weighted by molar-refractivity contribution is 5.87. The van der Waals surface area contributed by atoms with E-state index in [1.807, 2.05) is 37.3 Å². The average molecular weight is 301 g/mol. The first-order valence-corrected chi connectivity index (χ1v) is 7.16. The molecule has 6 nitrogen and oxygen atoms in total. The Hall–Kier alpha value is -2.63. The van der Waals surface area contributed by atoms with Gasteiger partial charge in [-0.05, 0) is 25.0 Å². The van der Waals surface area contributed by atoms with Gasteiger partial charge in [0, 0.05) is 6.20 Å². The smallest absolute Gasteiger partial charge is 0.354 e. The van der Waals surface area contributed by atoms with E-state index in [0.29, 0.717) is 0 Å². The molecule has 1 aromatic heterocycles. The van der Waals surface area contributed by atoms with Crippen molar-refractivity contribution in [3.05, 3.63) is 53.9 Å². The number of carbonyl (C=O) groups excluding carboxylic acids is 1. The van der Waals surface area contributed by atoms with E-state index in [0.717, 1.165) is 12.0 Å². The zero-order chi connectivity index (χ0) is 16.1. The molecule has 0 fully saturated rings. The lowest BCUT2D eigenvalue weighted by Crippen LogP contribution is -2.35. The van der Waals surface area contributed by atoms with Gasteiger partial charge >= 0.3 is 5.97 Å². The molecule has 1 amide bonds. The van der Waals surface area contributed by atoms with Crippen LogP contribution >= 0.6 is 0 Å². The maximum Gasteiger partial charge on any atom is 0.354 e. The number of carboxylic acid groups (broad SMARTS) is 1. The van der Waals surface area contributed by atoms with Crippen LogP contribution in [-0.2, 0) is 4.79 Å². The Morgan fingerprint density at radius 2 is 1.95 bits per heavy atom. The van der Waals surface area contributed by atoms with Gasteiger partial charge in [-0.1, -0.05) is 37.3 Å². The van der Waals surface area contributed by atoms with Crippen molar-refractivity contribution in [1.29, 1.82) is 0 Å². The molecule has 2 aromatic rings. The maximum absolute atomic E-state index is 12.4. The summed E-state index contributed by atoms with van der Waals surface area (Å²) in [7, 11) is 0. The minimum Gasteiger partial charge on any atom is -0.477 e. The fourth-order valence-electron chi connectivity index (χ4n) is 2.30. The lowest BCUT2D eigenvalue weighted by Gasteiger charge is -2.21. The topological polar surface area (TPSA) is 84.2 Å². The van der Waals surface area contributed by atoms with E-state index >= 15 is 0 Å². The van der Waals surface area contributed by atoms with Crippen molar-refractivity contribution in [2.75, 3.05) is 0 Å². The number of hydrogen-bond acceptors (Lipinski definition) is 3. The molecule has 0 bridgehead atoms. The SMILES string of the molecule is CCC(NC(=O)C(C)n1nccc1C(=O)O)c1ccccc1. The molecule has 22 heavy (non-hydrogen) atoms. The highest BCUT2D eigenvalue weighted by Gasteiger charge is 2.23. The highest BCUT2D eigenvalue weighted by Crippen LogP contribution is 2.18. The van der Waals surface area contributed by atoms with Crippen LogP contribution in [0.15, 0.2) is 42.6 Å². The van der Waals surface area contributed by atoms with Crippen molar-refractivity contribution in [2.45, 2.75) is 32.4 Å². The third kappa shape index (κ3) is 3.33. The Morgan fingerprint density at radius 3 is 2.55 bits per heavy atom. The number of nitrogens with one attached hydrogen (secondary N) is 1. The monoisotopic (exact) mass is 301 g/mol. The van der Waals surface area contributed by atoms with Crippen LogP contribution in [0.4, 0.5) is 0 Å². The second-order valence-electron chi connectivity index (χ2n) is 5.02. The molecule has 0 radical (unpaired) electrons. The van der Waals surface area contributed by atoms with Crippen molar-refractivity contribution in [2.24, 2.45) is 0 Å². The number of benzene rings is 1. The van der Waals surface area contributed by atoms with Crippen LogP contribution in [0.3, 0.4) is 0 Å². The molecule has 0 aliphatic carbocycles. The predicted octanol–water partition coefficient (Wildman–Crippen LogP) is 2.41. The Labute approximate surface area is 128 Å². The second-order valence-corrected chi connectivity index (χ2v) is 5.02. The molecule has 1 aromatic carbocycles. The van der Waals surface area contributed by atoms with E-state index < -0.39 is 12.0 Å². The number of amides is 1. The molecule has 0 spiro atoms. The number of rotatable bonds is 6. The number of hydrogen-bond donors (Lipinski definition) is 2. The van der Waals surface area contributed by atoms with E-state index in [1.54, 1.807) is 6.92 Å². The van der Waals surface area contributed by atoms with Gasteiger partial charge in [0.05, 0.1) is 6.04 Å². The zero-order valence-electron chi connectivity index (χ0n) is 12.6. The number of aromatic carboxylic acids is 1. The van der Waals surface area contributed by atoms with Gasteiger partial charge in [-0.2, -0.15) is 5.10 Å². The Morgan fingerprint density at radius 1 is 1.27 bits per heavy atom. The maximum atomic E-state index is 12.4. The van der Waals surface area contributed by atoms with Crippen molar-refractivity contribution in [3.8, 4) is 0 Å². The van der Waals surface area contributed by atoms with Crippen molar-refractivity contribution < 1.29 is 14.7 Å². The molecule has 0 aliphatic heterocycles. The summed E-state index contributed by atoms with van der Waals surface area (Å²) < 4.78 is 1.22. The van der Waals surface area contributed by atoms with Gasteiger partial charge in [0.25, 0.3) is 0 Å². The Bertz CT molecular complexity index is 652. The third-order valence-electron chi connectivity index (χ3n) is 3.56. The number of carboxylic acids is 1. The molecule has 2 rings (SSSR count). The van der Waals surface area contributed by atoms with E-state index in [9.17, 15) is 9.59 Å². The summed E-state index contributed by atoms with van der Waals surface area (Å²) in [6, 6.07) is 10.2. The molecule has 0 aliphatic rings. The fraction of sp³-hybridized carbons (Fsp3) is 0.312. The molecule has 1 heterocycles. The van der Waals surface area contributed by atoms with Gasteiger partial charge in [0.15, 0.2) is 0 Å². The first-order valence-electron chi connectivity index (χ1n) is 7.16. The van der Waals surface area contributed by atoms with Crippen LogP contribution in [0.25, 0.3) is 0 Å². The van der Waals surface area contributed by atoms with Gasteiger partial charge in [-0.3, -0.25) is 4.79 Å². The molecule has 116 valence electrons. The summed E-state index contributed by atoms with van der Waals surface area (Å²) >= 11 is 0. The summed E-state index contributed by atoms with van der Waals surface area (Å²) in [6.45, 7) is 3.62.